The molecule has 54 heteroatoms. The van der Waals surface area contributed by atoms with E-state index in [2.05, 4.69) is 52.0 Å². The van der Waals surface area contributed by atoms with E-state index in [1.54, 1.807) is 0 Å². The Hall–Kier alpha value is -1.32. The van der Waals surface area contributed by atoms with Gasteiger partial charge in [0, 0.05) is 32.4 Å². The lowest BCUT2D eigenvalue weighted by Gasteiger charge is -2.42. The number of fused-ring (bicyclic) bond motifs is 20. The van der Waals surface area contributed by atoms with Crippen LogP contribution in [0.25, 0.3) is 0 Å². The summed E-state index contributed by atoms with van der Waals surface area (Å²) < 4.78 is 383. The zero-order valence-electron chi connectivity index (χ0n) is 51.8. The maximum atomic E-state index is 14.7. The van der Waals surface area contributed by atoms with Gasteiger partial charge in [0.1, 0.15) is 5.25 Å². The third-order valence-electron chi connectivity index (χ3n) is 20.6. The molecule has 5 saturated heterocycles. The minimum Gasteiger partial charge on any atom is -0.286 e. The second-order valence-corrected chi connectivity index (χ2v) is 48.9. The predicted octanol–water partition coefficient (Wildman–Crippen LogP) is -9.69. The van der Waals surface area contributed by atoms with Crippen LogP contribution in [0.4, 0.5) is 0 Å². The molecule has 0 spiro atoms. The van der Waals surface area contributed by atoms with Crippen LogP contribution in [-0.4, -0.2) is 281 Å². The van der Waals surface area contributed by atoms with Gasteiger partial charge in [0.25, 0.3) is 60.7 Å². The molecule has 9 rings (SSSR count). The first-order valence-corrected chi connectivity index (χ1v) is 50.2. The molecule has 0 amide bonds. The van der Waals surface area contributed by atoms with E-state index in [0.717, 1.165) is 6.26 Å². The van der Waals surface area contributed by atoms with Crippen LogP contribution in [-0.2, 0) is 120 Å². The Kier molecular flexibility index (Phi) is 24.0. The normalized spacial score (nSPS) is 37.9. The number of nitrogens with one attached hydrogen (secondary N) is 12. The van der Waals surface area contributed by atoms with Gasteiger partial charge in [-0.3, -0.25) is 69.9 Å². The Bertz CT molecular complexity index is 4360. The van der Waals surface area contributed by atoms with Crippen LogP contribution in [0.3, 0.4) is 0 Å². The van der Waals surface area contributed by atoms with E-state index < -0.39 is 360 Å². The molecule has 4 saturated carbocycles. The number of rotatable bonds is 27. The highest BCUT2D eigenvalue weighted by atomic mass is 32.3. The molecule has 5 aliphatic heterocycles. The van der Waals surface area contributed by atoms with Gasteiger partial charge in [-0.1, -0.05) is 0 Å². The fourth-order valence-electron chi connectivity index (χ4n) is 16.5. The Morgan fingerprint density at radius 2 is 0.541 bits per heavy atom. The van der Waals surface area contributed by atoms with E-state index in [4.69, 9.17) is 0 Å². The second kappa shape index (κ2) is 29.1. The van der Waals surface area contributed by atoms with E-state index in [1.165, 1.54) is 0 Å². The molecule has 0 aromatic heterocycles. The largest absolute Gasteiger partial charge is 0.286 e. The summed E-state index contributed by atoms with van der Waals surface area (Å²) in [5.74, 6) is -14.6. The van der Waals surface area contributed by atoms with Crippen LogP contribution in [0.2, 0.25) is 0 Å². The van der Waals surface area contributed by atoms with Crippen LogP contribution >= 0.6 is 0 Å². The van der Waals surface area contributed by atoms with Crippen molar-refractivity contribution in [2.75, 3.05) is 67.0 Å². The van der Waals surface area contributed by atoms with Crippen LogP contribution in [0.5, 0.6) is 0 Å². The van der Waals surface area contributed by atoms with Crippen molar-refractivity contribution in [3.8, 4) is 0 Å². The number of sulfone groups is 2. The third-order valence-corrected chi connectivity index (χ3v) is 37.7. The molecule has 18 N–H and O–H groups in total. The standard InChI is InChI=1S/C44H84N12O30S12/c1-87(57,58)31-16-25-27(18-33(31)95(78,79)46-6-12-91(67,68)69)41-51-38-24-15-22(94(76,77)45-5-11-90(64,65)66)3-4-23(24)37(49-38)50-44-30-21-36(98(84,85)86)35(97(82,83)48-8-14-93(73,74)75)20-29(30)43(56-44)55-42-28-19-34(96(80,81)47-7-13-92(70,71)72)32(88(59,60)9-2-10-89(61,62)63)17-26(28)40(54-42)52-39(25)53-41/h22-56H,2-21H2,1H3,(H,61,62,63)(H,64,65,66)(H,67,68,69)(H,70,71,72)(H,73,74,75)(H,84,85,86). The van der Waals surface area contributed by atoms with E-state index >= 15 is 0 Å². The van der Waals surface area contributed by atoms with Gasteiger partial charge >= 0.3 is 0 Å². The van der Waals surface area contributed by atoms with E-state index in [9.17, 15) is 128 Å². The van der Waals surface area contributed by atoms with Gasteiger partial charge in [-0.2, -0.15) is 50.5 Å². The zero-order chi connectivity index (χ0) is 72.9. The van der Waals surface area contributed by atoms with Gasteiger partial charge in [-0.05, 0) is 112 Å². The fourth-order valence-corrected chi connectivity index (χ4v) is 32.4. The van der Waals surface area contributed by atoms with E-state index in [1.807, 2.05) is 9.44 Å². The molecule has 5 heterocycles. The zero-order valence-corrected chi connectivity index (χ0v) is 61.6. The summed E-state index contributed by atoms with van der Waals surface area (Å²) in [4.78, 5) is 0. The monoisotopic (exact) mass is 1640 g/mol. The smallest absolute Gasteiger partial charge is 0.269 e. The maximum absolute atomic E-state index is 14.7. The molecule has 23 unspecified atom stereocenters. The molecule has 8 bridgehead atoms. The number of hydrogen-bond acceptors (Lipinski definition) is 32. The van der Waals surface area contributed by atoms with Crippen LogP contribution < -0.4 is 61.4 Å². The van der Waals surface area contributed by atoms with Gasteiger partial charge in [-0.25, -0.2) is 69.4 Å². The van der Waals surface area contributed by atoms with Gasteiger partial charge in [0.05, 0.1) is 115 Å². The third kappa shape index (κ3) is 19.6. The molecule has 572 valence electrons. The summed E-state index contributed by atoms with van der Waals surface area (Å²) in [7, 11) is -58.0. The molecular weight excluding hydrogens is 1560 g/mol. The van der Waals surface area contributed by atoms with Crippen molar-refractivity contribution in [2.45, 2.75) is 150 Å². The minimum absolute atomic E-state index is 0.0473. The Labute approximate surface area is 570 Å². The number of sulfonamides is 4. The van der Waals surface area contributed by atoms with Gasteiger partial charge in [0.2, 0.25) is 40.1 Å². The van der Waals surface area contributed by atoms with E-state index in [-0.39, 0.29) is 19.3 Å². The van der Waals surface area contributed by atoms with Crippen molar-refractivity contribution in [2.24, 2.45) is 47.3 Å². The molecule has 42 nitrogen and oxygen atoms in total. The minimum atomic E-state index is -5.38. The Morgan fingerprint density at radius 3 is 0.847 bits per heavy atom. The van der Waals surface area contributed by atoms with Crippen LogP contribution in [0, 0.1) is 47.3 Å². The van der Waals surface area contributed by atoms with Gasteiger partial charge < -0.3 is 0 Å². The van der Waals surface area contributed by atoms with Crippen molar-refractivity contribution in [1.82, 2.24) is 61.4 Å². The lowest BCUT2D eigenvalue weighted by Crippen LogP contribution is -2.61. The summed E-state index contributed by atoms with van der Waals surface area (Å²) in [6.45, 7) is -3.60. The molecule has 98 heavy (non-hydrogen) atoms. The van der Waals surface area contributed by atoms with Gasteiger partial charge in [0.15, 0.2) is 19.7 Å². The summed E-state index contributed by atoms with van der Waals surface area (Å²) in [6.07, 6.45) is -13.5. The molecule has 23 atom stereocenters. The van der Waals surface area contributed by atoms with Crippen molar-refractivity contribution >= 4 is 120 Å². The average molecular weight is 1650 g/mol. The summed E-state index contributed by atoms with van der Waals surface area (Å²) in [5, 5.41) is 14.0. The first kappa shape index (κ1) is 80.8. The maximum Gasteiger partial charge on any atom is 0.269 e. The van der Waals surface area contributed by atoms with Crippen LogP contribution in [0.15, 0.2) is 0 Å². The van der Waals surface area contributed by atoms with Crippen molar-refractivity contribution in [3.05, 3.63) is 0 Å². The molecule has 4 aliphatic carbocycles. The molecule has 0 aromatic rings. The highest BCUT2D eigenvalue weighted by Crippen LogP contribution is 2.50. The van der Waals surface area contributed by atoms with E-state index in [0.29, 0.717) is 0 Å². The number of hydrogen-bond donors (Lipinski definition) is 18. The highest BCUT2D eigenvalue weighted by molar-refractivity contribution is 7.96. The quantitative estimate of drug-likeness (QED) is 0.0340. The fraction of sp³-hybridized carbons (Fsp3) is 1.00. The molecule has 0 aromatic carbocycles. The Balaban J connectivity index is 1.18. The molecule has 9 fully saturated rings. The Morgan fingerprint density at radius 1 is 0.286 bits per heavy atom. The van der Waals surface area contributed by atoms with Crippen molar-refractivity contribution in [3.63, 3.8) is 0 Å². The summed E-state index contributed by atoms with van der Waals surface area (Å²) >= 11 is 0. The predicted molar refractivity (Wildman–Crippen MR) is 346 cm³/mol. The van der Waals surface area contributed by atoms with Crippen molar-refractivity contribution < 1.29 is 128 Å². The SMILES string of the molecule is CS(=O)(=O)C1CC2C3NC4NC(NC5NC(NC6NC(NC(N3)C2CC1S(=O)(=O)NCCS(=O)(=O)O)C1CC(S(=O)(=O)NCCS(=O)(=O)O)CCC61)C1CC(S(=O)(=O)O)C(S(=O)(=O)NCCS(=O)(=O)O)CC51)C1CC(S(=O)(=O)NCCS(=O)(=O)O)C(S(=O)(=O)CCCS(=O)(=O)O)CC41. The van der Waals surface area contributed by atoms with Gasteiger partial charge in [-0.15, -0.1) is 0 Å². The molecule has 9 aliphatic rings. The van der Waals surface area contributed by atoms with Crippen molar-refractivity contribution in [1.29, 1.82) is 0 Å². The van der Waals surface area contributed by atoms with Crippen LogP contribution in [0.1, 0.15) is 64.2 Å². The second-order valence-electron chi connectivity index (χ2n) is 26.8. The summed E-state index contributed by atoms with van der Waals surface area (Å²) in [5.41, 5.74) is 0. The first-order chi connectivity index (χ1) is 44.6. The first-order valence-electron chi connectivity index (χ1n) is 30.8. The lowest BCUT2D eigenvalue weighted by atomic mass is 9.76. The lowest BCUT2D eigenvalue weighted by molar-refractivity contribution is 0.169. The summed E-state index contributed by atoms with van der Waals surface area (Å²) in [6, 6.07) is 0. The topological polar surface area (TPSA) is 675 Å². The average Bonchev–Trinajstić information content (AvgIpc) is 1.53. The molecule has 0 radical (unpaired) electrons. The molecular formula is C44H84N12O30S12. The highest BCUT2D eigenvalue weighted by Gasteiger charge is 2.63.